The third kappa shape index (κ3) is 6.21. The van der Waals surface area contributed by atoms with Crippen LogP contribution in [0.15, 0.2) is 17.0 Å². The zero-order valence-corrected chi connectivity index (χ0v) is 18.0. The van der Waals surface area contributed by atoms with Crippen molar-refractivity contribution in [3.05, 3.63) is 27.7 Å². The molecule has 2 rings (SSSR count). The number of rotatable bonds is 7. The molecule has 1 aliphatic rings. The number of nitrogens with zero attached hydrogens (tertiary/aromatic N) is 2. The van der Waals surface area contributed by atoms with E-state index in [4.69, 9.17) is 27.9 Å². The van der Waals surface area contributed by atoms with Gasteiger partial charge in [0.05, 0.1) is 28.8 Å². The Bertz CT molecular complexity index is 844. The summed E-state index contributed by atoms with van der Waals surface area (Å²) < 4.78 is 70.8. The third-order valence-electron chi connectivity index (χ3n) is 4.28. The van der Waals surface area contributed by atoms with Gasteiger partial charge in [-0.1, -0.05) is 36.5 Å². The normalized spacial score (nSPS) is 16.1. The summed E-state index contributed by atoms with van der Waals surface area (Å²) in [5.41, 5.74) is -0.344. The van der Waals surface area contributed by atoms with Crippen molar-refractivity contribution in [1.29, 1.82) is 0 Å². The summed E-state index contributed by atoms with van der Waals surface area (Å²) >= 11 is 12.1. The first-order valence-corrected chi connectivity index (χ1v) is 11.1. The fourth-order valence-electron chi connectivity index (χ4n) is 2.80. The number of carbonyl (C=O) groups excluding carboxylic acids is 1. The quantitative estimate of drug-likeness (QED) is 0.599. The molecule has 0 radical (unpaired) electrons. The SMILES string of the molecule is CCCCN(CC(F)(F)F)C(=O)c1cc(S(=O)(=O)N2CCOCC2)c(Cl)cc1Cl. The lowest BCUT2D eigenvalue weighted by molar-refractivity contribution is -0.140. The Labute approximate surface area is 177 Å². The summed E-state index contributed by atoms with van der Waals surface area (Å²) in [4.78, 5) is 13.0. The Morgan fingerprint density at radius 3 is 2.38 bits per heavy atom. The Morgan fingerprint density at radius 1 is 1.21 bits per heavy atom. The predicted molar refractivity (Wildman–Crippen MR) is 103 cm³/mol. The van der Waals surface area contributed by atoms with Crippen LogP contribution in [-0.4, -0.2) is 69.1 Å². The topological polar surface area (TPSA) is 66.9 Å². The number of alkyl halides is 3. The van der Waals surface area contributed by atoms with Crippen LogP contribution in [0, 0.1) is 0 Å². The zero-order valence-electron chi connectivity index (χ0n) is 15.6. The van der Waals surface area contributed by atoms with E-state index < -0.39 is 28.7 Å². The number of ether oxygens (including phenoxy) is 1. The first kappa shape index (κ1) is 24.2. The molecule has 29 heavy (non-hydrogen) atoms. The summed E-state index contributed by atoms with van der Waals surface area (Å²) in [6, 6.07) is 2.02. The van der Waals surface area contributed by atoms with Crippen LogP contribution >= 0.6 is 23.2 Å². The fraction of sp³-hybridized carbons (Fsp3) is 0.588. The lowest BCUT2D eigenvalue weighted by atomic mass is 10.2. The Morgan fingerprint density at radius 2 is 1.83 bits per heavy atom. The Balaban J connectivity index is 2.44. The van der Waals surface area contributed by atoms with Crippen molar-refractivity contribution >= 4 is 39.1 Å². The van der Waals surface area contributed by atoms with Gasteiger partial charge in [-0.2, -0.15) is 17.5 Å². The second-order valence-electron chi connectivity index (χ2n) is 6.47. The number of benzene rings is 1. The Hall–Kier alpha value is -1.07. The number of unbranched alkanes of at least 4 members (excludes halogenated alkanes) is 1. The molecule has 6 nitrogen and oxygen atoms in total. The molecule has 1 amide bonds. The van der Waals surface area contributed by atoms with E-state index in [0.717, 1.165) is 16.4 Å². The highest BCUT2D eigenvalue weighted by Gasteiger charge is 2.35. The maximum atomic E-state index is 12.9. The monoisotopic (exact) mass is 476 g/mol. The van der Waals surface area contributed by atoms with Crippen molar-refractivity contribution in [1.82, 2.24) is 9.21 Å². The summed E-state index contributed by atoms with van der Waals surface area (Å²) in [6.45, 7) is 0.774. The molecule has 1 fully saturated rings. The standard InChI is InChI=1S/C17H21Cl2F3N2O4S/c1-2-3-4-23(11-17(20,21)22)16(25)12-9-15(14(19)10-13(12)18)29(26,27)24-5-7-28-8-6-24/h9-10H,2-8,11H2,1H3. The first-order chi connectivity index (χ1) is 13.5. The van der Waals surface area contributed by atoms with Crippen LogP contribution in [0.25, 0.3) is 0 Å². The van der Waals surface area contributed by atoms with Gasteiger partial charge in [0.1, 0.15) is 11.4 Å². The van der Waals surface area contributed by atoms with Gasteiger partial charge >= 0.3 is 6.18 Å². The van der Waals surface area contributed by atoms with E-state index in [2.05, 4.69) is 0 Å². The molecule has 1 saturated heterocycles. The number of sulfonamides is 1. The molecule has 1 heterocycles. The van der Waals surface area contributed by atoms with E-state index >= 15 is 0 Å². The van der Waals surface area contributed by atoms with Crippen LogP contribution in [0.4, 0.5) is 13.2 Å². The van der Waals surface area contributed by atoms with Crippen molar-refractivity contribution in [2.75, 3.05) is 39.4 Å². The van der Waals surface area contributed by atoms with E-state index in [9.17, 15) is 26.4 Å². The molecule has 0 spiro atoms. The van der Waals surface area contributed by atoms with Crippen LogP contribution in [-0.2, 0) is 14.8 Å². The molecule has 0 aromatic heterocycles. The molecule has 0 saturated carbocycles. The minimum absolute atomic E-state index is 0.0985. The molecule has 164 valence electrons. The first-order valence-electron chi connectivity index (χ1n) is 8.90. The van der Waals surface area contributed by atoms with Gasteiger partial charge in [-0.15, -0.1) is 0 Å². The average Bonchev–Trinajstić information content (AvgIpc) is 2.64. The van der Waals surface area contributed by atoms with Crippen molar-refractivity contribution in [2.45, 2.75) is 30.8 Å². The number of morpholine rings is 1. The highest BCUT2D eigenvalue weighted by Crippen LogP contribution is 2.32. The molecule has 0 bridgehead atoms. The lowest BCUT2D eigenvalue weighted by Gasteiger charge is -2.27. The van der Waals surface area contributed by atoms with Gasteiger partial charge in [-0.3, -0.25) is 4.79 Å². The van der Waals surface area contributed by atoms with Crippen LogP contribution in [0.3, 0.4) is 0 Å². The molecule has 0 atom stereocenters. The zero-order chi connectivity index (χ0) is 21.8. The van der Waals surface area contributed by atoms with Gasteiger partial charge in [0, 0.05) is 19.6 Å². The second-order valence-corrected chi connectivity index (χ2v) is 9.20. The van der Waals surface area contributed by atoms with Crippen molar-refractivity contribution in [3.8, 4) is 0 Å². The molecule has 12 heteroatoms. The Kier molecular flexibility index (Phi) is 8.20. The van der Waals surface area contributed by atoms with E-state index in [1.54, 1.807) is 6.92 Å². The van der Waals surface area contributed by atoms with Gasteiger partial charge in [-0.05, 0) is 18.6 Å². The highest BCUT2D eigenvalue weighted by molar-refractivity contribution is 7.89. The largest absolute Gasteiger partial charge is 0.406 e. The van der Waals surface area contributed by atoms with Gasteiger partial charge < -0.3 is 9.64 Å². The van der Waals surface area contributed by atoms with Crippen LogP contribution in [0.1, 0.15) is 30.1 Å². The maximum absolute atomic E-state index is 12.9. The minimum atomic E-state index is -4.61. The summed E-state index contributed by atoms with van der Waals surface area (Å²) in [5, 5.41) is -0.432. The highest BCUT2D eigenvalue weighted by atomic mass is 35.5. The maximum Gasteiger partial charge on any atom is 0.406 e. The predicted octanol–water partition coefficient (Wildman–Crippen LogP) is 3.82. The molecule has 0 unspecified atom stereocenters. The van der Waals surface area contributed by atoms with Crippen molar-refractivity contribution in [2.24, 2.45) is 0 Å². The number of amides is 1. The molecule has 0 aliphatic carbocycles. The van der Waals surface area contributed by atoms with Gasteiger partial charge in [0.15, 0.2) is 0 Å². The van der Waals surface area contributed by atoms with Crippen LogP contribution < -0.4 is 0 Å². The second kappa shape index (κ2) is 9.82. The van der Waals surface area contributed by atoms with Crippen molar-refractivity contribution in [3.63, 3.8) is 0 Å². The number of carbonyl (C=O) groups is 1. The molecule has 1 aromatic rings. The van der Waals surface area contributed by atoms with E-state index in [0.29, 0.717) is 17.7 Å². The van der Waals surface area contributed by atoms with Crippen molar-refractivity contribution < 1.29 is 31.1 Å². The molecule has 1 aromatic carbocycles. The number of hydrogen-bond acceptors (Lipinski definition) is 4. The average molecular weight is 477 g/mol. The summed E-state index contributed by atoms with van der Waals surface area (Å²) in [7, 11) is -4.07. The number of halogens is 5. The van der Waals surface area contributed by atoms with E-state index in [1.807, 2.05) is 0 Å². The van der Waals surface area contributed by atoms with Crippen LogP contribution in [0.2, 0.25) is 10.0 Å². The summed E-state index contributed by atoms with van der Waals surface area (Å²) in [5.74, 6) is -1.00. The molecular formula is C17H21Cl2F3N2O4S. The van der Waals surface area contributed by atoms with Gasteiger partial charge in [0.25, 0.3) is 5.91 Å². The van der Waals surface area contributed by atoms with E-state index in [1.165, 1.54) is 0 Å². The molecule has 1 aliphatic heterocycles. The fourth-order valence-corrected chi connectivity index (χ4v) is 5.04. The minimum Gasteiger partial charge on any atom is -0.379 e. The molecular weight excluding hydrogens is 456 g/mol. The molecule has 0 N–H and O–H groups in total. The van der Waals surface area contributed by atoms with Gasteiger partial charge in [-0.25, -0.2) is 8.42 Å². The van der Waals surface area contributed by atoms with Crippen LogP contribution in [0.5, 0.6) is 0 Å². The van der Waals surface area contributed by atoms with Gasteiger partial charge in [0.2, 0.25) is 10.0 Å². The number of hydrogen-bond donors (Lipinski definition) is 0. The van der Waals surface area contributed by atoms with E-state index in [-0.39, 0.29) is 53.4 Å². The third-order valence-corrected chi connectivity index (χ3v) is 6.95. The lowest BCUT2D eigenvalue weighted by Crippen LogP contribution is -2.41. The smallest absolute Gasteiger partial charge is 0.379 e. The summed E-state index contributed by atoms with van der Waals surface area (Å²) in [6.07, 6.45) is -3.68.